The van der Waals surface area contributed by atoms with E-state index < -0.39 is 0 Å². The Labute approximate surface area is 77.2 Å². The Kier molecular flexibility index (Phi) is 3.86. The summed E-state index contributed by atoms with van der Waals surface area (Å²) in [6.07, 6.45) is 0.500. The highest BCUT2D eigenvalue weighted by Crippen LogP contribution is 2.11. The standard InChI is InChI=1S/C10H14FNO/c11-10-4-2-1-3-9(10)5-8(6-12)7-13/h1-4,8,13H,5-7,12H2/t8-/m1/s1. The number of benzene rings is 1. The van der Waals surface area contributed by atoms with Crippen molar-refractivity contribution in [3.63, 3.8) is 0 Å². The predicted octanol–water partition coefficient (Wildman–Crippen LogP) is 0.935. The zero-order valence-corrected chi connectivity index (χ0v) is 7.41. The topological polar surface area (TPSA) is 46.2 Å². The van der Waals surface area contributed by atoms with Crippen LogP contribution in [0.25, 0.3) is 0 Å². The van der Waals surface area contributed by atoms with Crippen molar-refractivity contribution in [1.29, 1.82) is 0 Å². The minimum absolute atomic E-state index is 0.00480. The molecule has 0 bridgehead atoms. The van der Waals surface area contributed by atoms with E-state index in [2.05, 4.69) is 0 Å². The van der Waals surface area contributed by atoms with Gasteiger partial charge in [-0.25, -0.2) is 4.39 Å². The van der Waals surface area contributed by atoms with Gasteiger partial charge in [0.1, 0.15) is 5.82 Å². The fourth-order valence-electron chi connectivity index (χ4n) is 1.20. The number of hydrogen-bond donors (Lipinski definition) is 2. The summed E-state index contributed by atoms with van der Waals surface area (Å²) < 4.78 is 13.1. The van der Waals surface area contributed by atoms with Crippen LogP contribution >= 0.6 is 0 Å². The Hall–Kier alpha value is -0.930. The van der Waals surface area contributed by atoms with Crippen LogP contribution in [0.5, 0.6) is 0 Å². The second-order valence-corrected chi connectivity index (χ2v) is 3.08. The van der Waals surface area contributed by atoms with Crippen LogP contribution in [0.2, 0.25) is 0 Å². The quantitative estimate of drug-likeness (QED) is 0.729. The first kappa shape index (κ1) is 10.2. The van der Waals surface area contributed by atoms with Gasteiger partial charge in [-0.15, -0.1) is 0 Å². The van der Waals surface area contributed by atoms with Crippen molar-refractivity contribution in [1.82, 2.24) is 0 Å². The molecule has 0 aliphatic carbocycles. The minimum Gasteiger partial charge on any atom is -0.396 e. The first-order valence-corrected chi connectivity index (χ1v) is 4.32. The number of rotatable bonds is 4. The molecule has 0 spiro atoms. The lowest BCUT2D eigenvalue weighted by molar-refractivity contribution is 0.229. The van der Waals surface area contributed by atoms with Crippen molar-refractivity contribution in [2.24, 2.45) is 11.7 Å². The number of hydrogen-bond acceptors (Lipinski definition) is 2. The molecule has 1 aromatic carbocycles. The van der Waals surface area contributed by atoms with E-state index in [-0.39, 0.29) is 18.3 Å². The largest absolute Gasteiger partial charge is 0.396 e. The van der Waals surface area contributed by atoms with Crippen molar-refractivity contribution in [2.45, 2.75) is 6.42 Å². The molecule has 3 N–H and O–H groups in total. The molecule has 13 heavy (non-hydrogen) atoms. The van der Waals surface area contributed by atoms with Gasteiger partial charge in [-0.2, -0.15) is 0 Å². The Morgan fingerprint density at radius 3 is 2.62 bits per heavy atom. The van der Waals surface area contributed by atoms with Crippen LogP contribution in [0.4, 0.5) is 4.39 Å². The van der Waals surface area contributed by atoms with E-state index in [1.165, 1.54) is 6.07 Å². The molecule has 0 unspecified atom stereocenters. The van der Waals surface area contributed by atoms with Gasteiger partial charge in [-0.1, -0.05) is 18.2 Å². The van der Waals surface area contributed by atoms with E-state index in [0.717, 1.165) is 0 Å². The molecular weight excluding hydrogens is 169 g/mol. The van der Waals surface area contributed by atoms with Crippen LogP contribution in [0.1, 0.15) is 5.56 Å². The summed E-state index contributed by atoms with van der Waals surface area (Å²) in [5.41, 5.74) is 6.02. The number of aliphatic hydroxyl groups is 1. The average molecular weight is 183 g/mol. The summed E-state index contributed by atoms with van der Waals surface area (Å²) in [5.74, 6) is -0.272. The summed E-state index contributed by atoms with van der Waals surface area (Å²) in [6.45, 7) is 0.385. The van der Waals surface area contributed by atoms with Gasteiger partial charge in [0.2, 0.25) is 0 Å². The van der Waals surface area contributed by atoms with E-state index in [1.54, 1.807) is 18.2 Å². The molecular formula is C10H14FNO. The van der Waals surface area contributed by atoms with Crippen LogP contribution in [-0.2, 0) is 6.42 Å². The third-order valence-corrected chi connectivity index (χ3v) is 2.06. The Morgan fingerprint density at radius 2 is 2.08 bits per heavy atom. The van der Waals surface area contributed by atoms with Crippen LogP contribution in [0, 0.1) is 11.7 Å². The summed E-state index contributed by atoms with van der Waals surface area (Å²) in [6, 6.07) is 6.56. The van der Waals surface area contributed by atoms with Crippen LogP contribution < -0.4 is 5.73 Å². The normalized spacial score (nSPS) is 12.8. The van der Waals surface area contributed by atoms with Crippen molar-refractivity contribution < 1.29 is 9.50 Å². The molecule has 0 saturated carbocycles. The highest BCUT2D eigenvalue weighted by atomic mass is 19.1. The third-order valence-electron chi connectivity index (χ3n) is 2.06. The second-order valence-electron chi connectivity index (χ2n) is 3.08. The van der Waals surface area contributed by atoms with E-state index >= 15 is 0 Å². The highest BCUT2D eigenvalue weighted by molar-refractivity contribution is 5.17. The summed E-state index contributed by atoms with van der Waals surface area (Å²) in [7, 11) is 0. The molecule has 0 saturated heterocycles. The van der Waals surface area contributed by atoms with Gasteiger partial charge in [-0.05, 0) is 30.5 Å². The highest BCUT2D eigenvalue weighted by Gasteiger charge is 2.08. The van der Waals surface area contributed by atoms with Gasteiger partial charge < -0.3 is 10.8 Å². The fourth-order valence-corrected chi connectivity index (χ4v) is 1.20. The lowest BCUT2D eigenvalue weighted by Crippen LogP contribution is -2.20. The van der Waals surface area contributed by atoms with E-state index in [9.17, 15) is 4.39 Å². The molecule has 3 heteroatoms. The zero-order chi connectivity index (χ0) is 9.68. The van der Waals surface area contributed by atoms with Crippen molar-refractivity contribution in [3.05, 3.63) is 35.6 Å². The van der Waals surface area contributed by atoms with Crippen molar-refractivity contribution in [2.75, 3.05) is 13.2 Å². The molecule has 72 valence electrons. The maximum absolute atomic E-state index is 13.1. The van der Waals surface area contributed by atoms with Gasteiger partial charge in [0, 0.05) is 6.61 Å². The van der Waals surface area contributed by atoms with Gasteiger partial charge in [0.15, 0.2) is 0 Å². The first-order valence-electron chi connectivity index (χ1n) is 4.32. The van der Waals surface area contributed by atoms with Gasteiger partial charge in [0.25, 0.3) is 0 Å². The number of aliphatic hydroxyl groups excluding tert-OH is 1. The summed E-state index contributed by atoms with van der Waals surface area (Å²) in [5, 5.41) is 8.88. The summed E-state index contributed by atoms with van der Waals surface area (Å²) in [4.78, 5) is 0. The van der Waals surface area contributed by atoms with E-state index in [0.29, 0.717) is 18.5 Å². The van der Waals surface area contributed by atoms with Crippen LogP contribution in [-0.4, -0.2) is 18.3 Å². The lowest BCUT2D eigenvalue weighted by Gasteiger charge is -2.11. The number of halogens is 1. The SMILES string of the molecule is NC[C@H](CO)Cc1ccccc1F. The Bertz CT molecular complexity index is 261. The summed E-state index contributed by atoms with van der Waals surface area (Å²) >= 11 is 0. The van der Waals surface area contributed by atoms with Crippen LogP contribution in [0.3, 0.4) is 0 Å². The molecule has 0 radical (unpaired) electrons. The maximum Gasteiger partial charge on any atom is 0.126 e. The van der Waals surface area contributed by atoms with Crippen molar-refractivity contribution in [3.8, 4) is 0 Å². The monoisotopic (exact) mass is 183 g/mol. The third kappa shape index (κ3) is 2.79. The van der Waals surface area contributed by atoms with E-state index in [1.807, 2.05) is 0 Å². The molecule has 1 atom stereocenters. The first-order chi connectivity index (χ1) is 6.27. The molecule has 1 aromatic rings. The second kappa shape index (κ2) is 4.94. The fraction of sp³-hybridized carbons (Fsp3) is 0.400. The maximum atomic E-state index is 13.1. The molecule has 1 rings (SSSR count). The lowest BCUT2D eigenvalue weighted by atomic mass is 10.00. The molecule has 0 heterocycles. The Morgan fingerprint density at radius 1 is 1.38 bits per heavy atom. The van der Waals surface area contributed by atoms with E-state index in [4.69, 9.17) is 10.8 Å². The zero-order valence-electron chi connectivity index (χ0n) is 7.41. The van der Waals surface area contributed by atoms with Crippen LogP contribution in [0.15, 0.2) is 24.3 Å². The molecule has 2 nitrogen and oxygen atoms in total. The average Bonchev–Trinajstić information content (AvgIpc) is 2.17. The minimum atomic E-state index is -0.227. The molecule has 0 aromatic heterocycles. The number of nitrogens with two attached hydrogens (primary N) is 1. The predicted molar refractivity (Wildman–Crippen MR) is 49.7 cm³/mol. The van der Waals surface area contributed by atoms with Gasteiger partial charge >= 0.3 is 0 Å². The molecule has 0 amide bonds. The van der Waals surface area contributed by atoms with Gasteiger partial charge in [0.05, 0.1) is 0 Å². The Balaban J connectivity index is 2.67. The van der Waals surface area contributed by atoms with Gasteiger partial charge in [-0.3, -0.25) is 0 Å². The molecule has 0 fully saturated rings. The molecule has 0 aliphatic heterocycles. The van der Waals surface area contributed by atoms with Crippen molar-refractivity contribution >= 4 is 0 Å². The smallest absolute Gasteiger partial charge is 0.126 e. The molecule has 0 aliphatic rings.